The van der Waals surface area contributed by atoms with Gasteiger partial charge in [0, 0.05) is 36.8 Å². The Morgan fingerprint density at radius 3 is 2.24 bits per heavy atom. The van der Waals surface area contributed by atoms with Crippen LogP contribution in [0.25, 0.3) is 0 Å². The van der Waals surface area contributed by atoms with Crippen LogP contribution in [-0.4, -0.2) is 56.9 Å². The topological polar surface area (TPSA) is 93.6 Å². The summed E-state index contributed by atoms with van der Waals surface area (Å²) in [6.45, 7) is 2.58. The molecule has 2 aliphatic rings. The summed E-state index contributed by atoms with van der Waals surface area (Å²) in [4.78, 5) is 30.9. The van der Waals surface area contributed by atoms with Crippen molar-refractivity contribution in [3.63, 3.8) is 0 Å². The van der Waals surface area contributed by atoms with Crippen molar-refractivity contribution in [1.82, 2.24) is 9.21 Å². The van der Waals surface area contributed by atoms with Crippen LogP contribution in [0.3, 0.4) is 0 Å². The number of rotatable bonds is 6. The summed E-state index contributed by atoms with van der Waals surface area (Å²) < 4.78 is 29.1. The van der Waals surface area contributed by atoms with Crippen molar-refractivity contribution >= 4 is 44.7 Å². The first-order valence-corrected chi connectivity index (χ1v) is 13.7. The number of piperazine rings is 1. The highest BCUT2D eigenvalue weighted by atomic mass is 35.5. The van der Waals surface area contributed by atoms with Gasteiger partial charge in [0.2, 0.25) is 0 Å². The van der Waals surface area contributed by atoms with Gasteiger partial charge in [0.25, 0.3) is 10.0 Å². The van der Waals surface area contributed by atoms with Gasteiger partial charge < -0.3 is 9.80 Å². The van der Waals surface area contributed by atoms with Gasteiger partial charge in [-0.1, -0.05) is 60.1 Å². The van der Waals surface area contributed by atoms with E-state index in [0.717, 1.165) is 23.0 Å². The maximum Gasteiger partial charge on any atom is 0.339 e. The Kier molecular flexibility index (Phi) is 6.89. The van der Waals surface area contributed by atoms with Crippen molar-refractivity contribution in [2.24, 2.45) is 5.18 Å². The highest BCUT2D eigenvalue weighted by molar-refractivity contribution is 7.90. The van der Waals surface area contributed by atoms with Crippen LogP contribution in [0.4, 0.5) is 21.9 Å². The summed E-state index contributed by atoms with van der Waals surface area (Å²) in [6.07, 6.45) is 0. The van der Waals surface area contributed by atoms with Crippen LogP contribution < -0.4 is 9.80 Å². The molecule has 0 atom stereocenters. The number of halogens is 1. The van der Waals surface area contributed by atoms with E-state index in [1.165, 1.54) is 17.0 Å². The molecular formula is C26H26ClN5O4S. The molecule has 3 aromatic rings. The van der Waals surface area contributed by atoms with Gasteiger partial charge in [-0.3, -0.25) is 4.90 Å². The quantitative estimate of drug-likeness (QED) is 0.417. The zero-order chi connectivity index (χ0) is 26.2. The number of hydrogen-bond acceptors (Lipinski definition) is 7. The minimum absolute atomic E-state index is 0.0357. The highest BCUT2D eigenvalue weighted by Gasteiger charge is 2.44. The first kappa shape index (κ1) is 25.2. The Balaban J connectivity index is 1.68. The number of hydrogen-bond donors (Lipinski definition) is 0. The van der Waals surface area contributed by atoms with E-state index in [-0.39, 0.29) is 29.4 Å². The van der Waals surface area contributed by atoms with Gasteiger partial charge in [-0.15, -0.1) is 4.91 Å². The van der Waals surface area contributed by atoms with E-state index in [1.54, 1.807) is 24.3 Å². The summed E-state index contributed by atoms with van der Waals surface area (Å²) in [7, 11) is -2.29. The van der Waals surface area contributed by atoms with E-state index < -0.39 is 16.1 Å². The molecule has 2 aliphatic heterocycles. The predicted octanol–water partition coefficient (Wildman–Crippen LogP) is 4.82. The standard InChI is InChI=1S/C26H26ClN5O4S/c1-29-11-13-30(14-12-29)23-15-21(27)16-24-25(23)37(35,36)32(18-20-9-5-6-10-22(20)28-34)26(33)31(24)17-19-7-3-2-4-8-19/h2-10,15-16H,11-14,17-18H2,1H3. The molecule has 1 fully saturated rings. The lowest BCUT2D eigenvalue weighted by atomic mass is 10.1. The number of carbonyl (C=O) groups excluding carboxylic acids is 1. The predicted molar refractivity (Wildman–Crippen MR) is 144 cm³/mol. The van der Waals surface area contributed by atoms with Crippen molar-refractivity contribution in [2.75, 3.05) is 43.0 Å². The van der Waals surface area contributed by atoms with E-state index in [9.17, 15) is 18.1 Å². The smallest absolute Gasteiger partial charge is 0.339 e. The summed E-state index contributed by atoms with van der Waals surface area (Å²) in [6, 6.07) is 18.2. The fraction of sp³-hybridized carbons (Fsp3) is 0.269. The lowest BCUT2D eigenvalue weighted by Gasteiger charge is -2.40. The van der Waals surface area contributed by atoms with Gasteiger partial charge in [-0.25, -0.2) is 17.5 Å². The summed E-state index contributed by atoms with van der Waals surface area (Å²) >= 11 is 6.51. The SMILES string of the molecule is CN1CCN(c2cc(Cl)cc3c2S(=O)(=O)N(Cc2ccccc2N=O)C(=O)N3Cc2ccccc2)CC1. The molecule has 11 heteroatoms. The first-order valence-electron chi connectivity index (χ1n) is 11.9. The average Bonchev–Trinajstić information content (AvgIpc) is 2.90. The number of sulfonamides is 1. The highest BCUT2D eigenvalue weighted by Crippen LogP contribution is 2.44. The molecule has 0 saturated carbocycles. The van der Waals surface area contributed by atoms with Crippen LogP contribution in [0.15, 0.2) is 76.8 Å². The average molecular weight is 540 g/mol. The number of likely N-dealkylation sites (N-methyl/N-ethyl adjacent to an activating group) is 1. The molecular weight excluding hydrogens is 514 g/mol. The normalized spacial score (nSPS) is 17.6. The van der Waals surface area contributed by atoms with Crippen LogP contribution in [0.1, 0.15) is 11.1 Å². The number of urea groups is 1. The number of anilines is 2. The van der Waals surface area contributed by atoms with Gasteiger partial charge in [-0.2, -0.15) is 0 Å². The second-order valence-corrected chi connectivity index (χ2v) is 11.4. The fourth-order valence-corrected chi connectivity index (χ4v) is 6.65. The minimum Gasteiger partial charge on any atom is -0.368 e. The number of fused-ring (bicyclic) bond motifs is 1. The zero-order valence-corrected chi connectivity index (χ0v) is 21.8. The molecule has 1 saturated heterocycles. The minimum atomic E-state index is -4.31. The Hall–Kier alpha value is -3.47. The number of benzene rings is 3. The molecule has 3 aromatic carbocycles. The Morgan fingerprint density at radius 2 is 1.54 bits per heavy atom. The molecule has 9 nitrogen and oxygen atoms in total. The third-order valence-corrected chi connectivity index (χ3v) is 8.75. The van der Waals surface area contributed by atoms with Crippen molar-refractivity contribution < 1.29 is 13.2 Å². The van der Waals surface area contributed by atoms with E-state index in [4.69, 9.17) is 11.6 Å². The van der Waals surface area contributed by atoms with E-state index >= 15 is 0 Å². The van der Waals surface area contributed by atoms with Gasteiger partial charge in [0.1, 0.15) is 10.6 Å². The van der Waals surface area contributed by atoms with Gasteiger partial charge in [0.05, 0.1) is 24.5 Å². The lowest BCUT2D eigenvalue weighted by molar-refractivity contribution is 0.226. The first-order chi connectivity index (χ1) is 17.8. The number of amides is 2. The largest absolute Gasteiger partial charge is 0.368 e. The van der Waals surface area contributed by atoms with Gasteiger partial charge in [0.15, 0.2) is 0 Å². The van der Waals surface area contributed by atoms with Crippen LogP contribution >= 0.6 is 11.6 Å². The molecule has 5 rings (SSSR count). The maximum atomic E-state index is 14.1. The van der Waals surface area contributed by atoms with Gasteiger partial charge >= 0.3 is 6.03 Å². The van der Waals surface area contributed by atoms with Crippen molar-refractivity contribution in [1.29, 1.82) is 0 Å². The molecule has 37 heavy (non-hydrogen) atoms. The number of nitroso groups, excluding NO2 is 1. The Labute approximate surface area is 220 Å². The maximum absolute atomic E-state index is 14.1. The van der Waals surface area contributed by atoms with Crippen molar-refractivity contribution in [2.45, 2.75) is 18.0 Å². The molecule has 192 valence electrons. The van der Waals surface area contributed by atoms with Crippen LogP contribution in [-0.2, 0) is 23.1 Å². The van der Waals surface area contributed by atoms with Crippen molar-refractivity contribution in [3.05, 3.63) is 87.8 Å². The molecule has 0 N–H and O–H groups in total. The molecule has 0 spiro atoms. The van der Waals surface area contributed by atoms with Crippen LogP contribution in [0, 0.1) is 4.91 Å². The second-order valence-electron chi connectivity index (χ2n) is 9.15. The molecule has 2 amide bonds. The summed E-state index contributed by atoms with van der Waals surface area (Å²) in [5, 5.41) is 3.37. The van der Waals surface area contributed by atoms with Crippen LogP contribution in [0.2, 0.25) is 5.02 Å². The second kappa shape index (κ2) is 10.1. The molecule has 0 bridgehead atoms. The summed E-state index contributed by atoms with van der Waals surface area (Å²) in [5.74, 6) is 0. The zero-order valence-electron chi connectivity index (χ0n) is 20.2. The Bertz CT molecular complexity index is 1440. The molecule has 2 heterocycles. The van der Waals surface area contributed by atoms with E-state index in [1.807, 2.05) is 42.3 Å². The van der Waals surface area contributed by atoms with Crippen LogP contribution in [0.5, 0.6) is 0 Å². The van der Waals surface area contributed by atoms with E-state index in [2.05, 4.69) is 10.1 Å². The molecule has 0 aliphatic carbocycles. The van der Waals surface area contributed by atoms with E-state index in [0.29, 0.717) is 29.4 Å². The molecule has 0 unspecified atom stereocenters. The number of carbonyl (C=O) groups is 1. The van der Waals surface area contributed by atoms with Crippen molar-refractivity contribution in [3.8, 4) is 0 Å². The third-order valence-electron chi connectivity index (χ3n) is 6.73. The van der Waals surface area contributed by atoms with Gasteiger partial charge in [-0.05, 0) is 36.0 Å². The molecule has 0 radical (unpaired) electrons. The number of nitrogens with zero attached hydrogens (tertiary/aromatic N) is 5. The lowest BCUT2D eigenvalue weighted by Crippen LogP contribution is -2.51. The fourth-order valence-electron chi connectivity index (χ4n) is 4.72. The third kappa shape index (κ3) is 4.79. The monoisotopic (exact) mass is 539 g/mol. The Morgan fingerprint density at radius 1 is 0.892 bits per heavy atom. The molecule has 0 aromatic heterocycles. The summed E-state index contributed by atoms with van der Waals surface area (Å²) in [5.41, 5.74) is 1.97.